The maximum Gasteiger partial charge on any atom is 0.254 e. The first kappa shape index (κ1) is 14.5. The van der Waals surface area contributed by atoms with Gasteiger partial charge in [0.15, 0.2) is 0 Å². The van der Waals surface area contributed by atoms with Gasteiger partial charge < -0.3 is 9.64 Å². The lowest BCUT2D eigenvalue weighted by Crippen LogP contribution is -2.40. The first-order valence-electron chi connectivity index (χ1n) is 7.39. The van der Waals surface area contributed by atoms with Crippen molar-refractivity contribution in [3.8, 4) is 0 Å². The fourth-order valence-electron chi connectivity index (χ4n) is 2.37. The van der Waals surface area contributed by atoms with Crippen LogP contribution in [0.2, 0.25) is 0 Å². The van der Waals surface area contributed by atoms with Crippen LogP contribution in [-0.2, 0) is 4.74 Å². The largest absolute Gasteiger partial charge is 0.378 e. The van der Waals surface area contributed by atoms with Crippen molar-refractivity contribution in [1.29, 1.82) is 0 Å². The van der Waals surface area contributed by atoms with E-state index < -0.39 is 0 Å². The highest BCUT2D eigenvalue weighted by molar-refractivity contribution is 5.94. The van der Waals surface area contributed by atoms with E-state index in [0.29, 0.717) is 31.9 Å². The predicted molar refractivity (Wildman–Crippen MR) is 86.3 cm³/mol. The fourth-order valence-corrected chi connectivity index (χ4v) is 2.37. The monoisotopic (exact) mass is 294 g/mol. The Hall–Kier alpha value is -2.46. The van der Waals surface area contributed by atoms with Crippen molar-refractivity contribution in [2.24, 2.45) is 0 Å². The third-order valence-electron chi connectivity index (χ3n) is 3.57. The smallest absolute Gasteiger partial charge is 0.254 e. The summed E-state index contributed by atoms with van der Waals surface area (Å²) in [5, 5.41) is 0. The molecule has 1 aromatic heterocycles. The van der Waals surface area contributed by atoms with Gasteiger partial charge in [-0.3, -0.25) is 9.78 Å². The van der Waals surface area contributed by atoms with E-state index in [1.807, 2.05) is 53.5 Å². The average molecular weight is 294 g/mol. The SMILES string of the molecule is O=C(c1ccnc(C=Cc2ccccc2)c1)N1CCOCC1. The van der Waals surface area contributed by atoms with Gasteiger partial charge in [-0.25, -0.2) is 0 Å². The van der Waals surface area contributed by atoms with Gasteiger partial charge >= 0.3 is 0 Å². The van der Waals surface area contributed by atoms with Crippen molar-refractivity contribution < 1.29 is 9.53 Å². The molecule has 0 spiro atoms. The molecule has 0 aliphatic carbocycles. The molecule has 0 radical (unpaired) electrons. The Morgan fingerprint density at radius 3 is 2.64 bits per heavy atom. The first-order chi connectivity index (χ1) is 10.8. The molecule has 0 bridgehead atoms. The van der Waals surface area contributed by atoms with E-state index in [-0.39, 0.29) is 5.91 Å². The molecule has 112 valence electrons. The van der Waals surface area contributed by atoms with Crippen LogP contribution in [0.4, 0.5) is 0 Å². The van der Waals surface area contributed by atoms with Crippen molar-refractivity contribution in [3.63, 3.8) is 0 Å². The lowest BCUT2D eigenvalue weighted by atomic mass is 10.1. The molecule has 4 heteroatoms. The van der Waals surface area contributed by atoms with Crippen molar-refractivity contribution in [2.45, 2.75) is 0 Å². The lowest BCUT2D eigenvalue weighted by Gasteiger charge is -2.26. The molecule has 22 heavy (non-hydrogen) atoms. The van der Waals surface area contributed by atoms with E-state index in [2.05, 4.69) is 4.98 Å². The summed E-state index contributed by atoms with van der Waals surface area (Å²) in [5.41, 5.74) is 2.56. The molecular formula is C18H18N2O2. The third-order valence-corrected chi connectivity index (χ3v) is 3.57. The molecule has 3 rings (SSSR count). The molecular weight excluding hydrogens is 276 g/mol. The minimum Gasteiger partial charge on any atom is -0.378 e. The van der Waals surface area contributed by atoms with Crippen LogP contribution in [0.15, 0.2) is 48.7 Å². The van der Waals surface area contributed by atoms with E-state index >= 15 is 0 Å². The van der Waals surface area contributed by atoms with E-state index in [1.165, 1.54) is 0 Å². The molecule has 1 aromatic carbocycles. The fraction of sp³-hybridized carbons (Fsp3) is 0.222. The summed E-state index contributed by atoms with van der Waals surface area (Å²) in [6, 6.07) is 13.6. The summed E-state index contributed by atoms with van der Waals surface area (Å²) in [7, 11) is 0. The number of nitrogens with zero attached hydrogens (tertiary/aromatic N) is 2. The molecule has 1 aliphatic heterocycles. The number of morpholine rings is 1. The molecule has 0 saturated carbocycles. The number of rotatable bonds is 3. The van der Waals surface area contributed by atoms with Gasteiger partial charge in [0, 0.05) is 24.8 Å². The summed E-state index contributed by atoms with van der Waals surface area (Å²) in [4.78, 5) is 18.6. The van der Waals surface area contributed by atoms with Crippen LogP contribution in [0.5, 0.6) is 0 Å². The van der Waals surface area contributed by atoms with Gasteiger partial charge in [0.2, 0.25) is 0 Å². The number of aromatic nitrogens is 1. The van der Waals surface area contributed by atoms with E-state index in [4.69, 9.17) is 4.74 Å². The lowest BCUT2D eigenvalue weighted by molar-refractivity contribution is 0.0303. The minimum absolute atomic E-state index is 0.0417. The Balaban J connectivity index is 1.74. The number of amides is 1. The second-order valence-electron chi connectivity index (χ2n) is 5.12. The molecule has 0 atom stereocenters. The molecule has 2 aromatic rings. The van der Waals surface area contributed by atoms with Crippen LogP contribution < -0.4 is 0 Å². The standard InChI is InChI=1S/C18H18N2O2/c21-18(20-10-12-22-13-11-20)16-8-9-19-17(14-16)7-6-15-4-2-1-3-5-15/h1-9,14H,10-13H2. The van der Waals surface area contributed by atoms with Gasteiger partial charge in [-0.05, 0) is 23.8 Å². The van der Waals surface area contributed by atoms with Crippen LogP contribution in [-0.4, -0.2) is 42.1 Å². The Morgan fingerprint density at radius 2 is 1.86 bits per heavy atom. The topological polar surface area (TPSA) is 42.4 Å². The molecule has 0 N–H and O–H groups in total. The van der Waals surface area contributed by atoms with Gasteiger partial charge in [0.25, 0.3) is 5.91 Å². The summed E-state index contributed by atoms with van der Waals surface area (Å²) in [6.07, 6.45) is 5.59. The number of benzene rings is 1. The molecule has 4 nitrogen and oxygen atoms in total. The number of pyridine rings is 1. The first-order valence-corrected chi connectivity index (χ1v) is 7.39. The van der Waals surface area contributed by atoms with E-state index in [1.54, 1.807) is 12.3 Å². The van der Waals surface area contributed by atoms with Crippen molar-refractivity contribution in [3.05, 3.63) is 65.5 Å². The number of ether oxygens (including phenoxy) is 1. The summed E-state index contributed by atoms with van der Waals surface area (Å²) >= 11 is 0. The second-order valence-corrected chi connectivity index (χ2v) is 5.12. The van der Waals surface area contributed by atoms with Gasteiger partial charge in [-0.1, -0.05) is 36.4 Å². The van der Waals surface area contributed by atoms with Gasteiger partial charge in [0.1, 0.15) is 0 Å². The number of carbonyl (C=O) groups excluding carboxylic acids is 1. The zero-order valence-electron chi connectivity index (χ0n) is 12.3. The number of carbonyl (C=O) groups is 1. The molecule has 1 aliphatic rings. The number of hydrogen-bond acceptors (Lipinski definition) is 3. The maximum absolute atomic E-state index is 12.4. The molecule has 1 fully saturated rings. The van der Waals surface area contributed by atoms with Gasteiger partial charge in [-0.2, -0.15) is 0 Å². The maximum atomic E-state index is 12.4. The third kappa shape index (κ3) is 3.59. The predicted octanol–water partition coefficient (Wildman–Crippen LogP) is 2.72. The molecule has 2 heterocycles. The van der Waals surface area contributed by atoms with Crippen LogP contribution in [0.1, 0.15) is 21.6 Å². The average Bonchev–Trinajstić information content (AvgIpc) is 2.61. The van der Waals surface area contributed by atoms with Crippen molar-refractivity contribution in [1.82, 2.24) is 9.88 Å². The summed E-state index contributed by atoms with van der Waals surface area (Å²) in [6.45, 7) is 2.52. The Labute approximate surface area is 130 Å². The van der Waals surface area contributed by atoms with Gasteiger partial charge in [-0.15, -0.1) is 0 Å². The highest BCUT2D eigenvalue weighted by Crippen LogP contribution is 2.11. The van der Waals surface area contributed by atoms with Gasteiger partial charge in [0.05, 0.1) is 18.9 Å². The Morgan fingerprint density at radius 1 is 1.09 bits per heavy atom. The Kier molecular flexibility index (Phi) is 4.61. The minimum atomic E-state index is 0.0417. The van der Waals surface area contributed by atoms with Crippen LogP contribution in [0.3, 0.4) is 0 Å². The van der Waals surface area contributed by atoms with Crippen LogP contribution in [0.25, 0.3) is 12.2 Å². The Bertz CT molecular complexity index is 662. The normalized spacial score (nSPS) is 15.2. The molecule has 1 amide bonds. The van der Waals surface area contributed by atoms with Crippen molar-refractivity contribution in [2.75, 3.05) is 26.3 Å². The summed E-state index contributed by atoms with van der Waals surface area (Å²) < 4.78 is 5.28. The highest BCUT2D eigenvalue weighted by Gasteiger charge is 2.18. The summed E-state index contributed by atoms with van der Waals surface area (Å²) in [5.74, 6) is 0.0417. The molecule has 1 saturated heterocycles. The van der Waals surface area contributed by atoms with Crippen molar-refractivity contribution >= 4 is 18.1 Å². The quantitative estimate of drug-likeness (QED) is 0.874. The zero-order valence-corrected chi connectivity index (χ0v) is 12.3. The number of hydrogen-bond donors (Lipinski definition) is 0. The zero-order chi connectivity index (χ0) is 15.2. The van der Waals surface area contributed by atoms with E-state index in [9.17, 15) is 4.79 Å². The highest BCUT2D eigenvalue weighted by atomic mass is 16.5. The van der Waals surface area contributed by atoms with E-state index in [0.717, 1.165) is 11.3 Å². The van der Waals surface area contributed by atoms with Crippen LogP contribution in [0, 0.1) is 0 Å². The second kappa shape index (κ2) is 7.00. The van der Waals surface area contributed by atoms with Crippen LogP contribution >= 0.6 is 0 Å². The molecule has 0 unspecified atom stereocenters.